The Kier molecular flexibility index (Phi) is 10.8. The number of anilines is 1. The Morgan fingerprint density at radius 2 is 1.56 bits per heavy atom. The van der Waals surface area contributed by atoms with Crippen molar-refractivity contribution in [1.82, 2.24) is 10.2 Å². The molecule has 0 aromatic heterocycles. The predicted octanol–water partition coefficient (Wildman–Crippen LogP) is 4.40. The Hall–Kier alpha value is -4.05. The topological polar surface area (TPSA) is 105 Å². The summed E-state index contributed by atoms with van der Waals surface area (Å²) in [5.41, 5.74) is 2.00. The van der Waals surface area contributed by atoms with Crippen LogP contribution in [0, 0.1) is 12.8 Å². The van der Waals surface area contributed by atoms with Gasteiger partial charge in [0.15, 0.2) is 0 Å². The molecular weight excluding hydrogens is 542 g/mol. The van der Waals surface area contributed by atoms with Crippen molar-refractivity contribution < 1.29 is 27.5 Å². The van der Waals surface area contributed by atoms with E-state index in [1.165, 1.54) is 37.3 Å². The van der Waals surface area contributed by atoms with Crippen LogP contribution in [0.1, 0.15) is 31.9 Å². The highest BCUT2D eigenvalue weighted by atomic mass is 32.2. The molecule has 3 aromatic rings. The molecule has 2 amide bonds. The molecule has 0 saturated carbocycles. The van der Waals surface area contributed by atoms with Crippen molar-refractivity contribution in [3.63, 3.8) is 0 Å². The van der Waals surface area contributed by atoms with E-state index < -0.39 is 28.5 Å². The molecule has 41 heavy (non-hydrogen) atoms. The van der Waals surface area contributed by atoms with Crippen molar-refractivity contribution >= 4 is 27.5 Å². The summed E-state index contributed by atoms with van der Waals surface area (Å²) >= 11 is 0. The van der Waals surface area contributed by atoms with Crippen LogP contribution in [0.3, 0.4) is 0 Å². The van der Waals surface area contributed by atoms with Gasteiger partial charge in [-0.05, 0) is 49.6 Å². The second-order valence-electron chi connectivity index (χ2n) is 10.2. The minimum absolute atomic E-state index is 0.00508. The summed E-state index contributed by atoms with van der Waals surface area (Å²) in [6, 6.07) is 19.4. The standard InChI is InChI=1S/C31H39N3O6S/c1-22(2)19-32-31(36)24(4)33(20-25-14-12-23(3)13-15-25)30(35)21-34(41(37,38)27-10-8-7-9-11-27)28-18-26(39-5)16-17-29(28)40-6/h7-18,22,24H,19-21H2,1-6H3,(H,32,36). The number of nitrogens with one attached hydrogen (secondary N) is 1. The van der Waals surface area contributed by atoms with Gasteiger partial charge in [-0.1, -0.05) is 61.9 Å². The number of amides is 2. The summed E-state index contributed by atoms with van der Waals surface area (Å²) in [6.07, 6.45) is 0. The van der Waals surface area contributed by atoms with E-state index in [4.69, 9.17) is 9.47 Å². The second kappa shape index (κ2) is 14.0. The molecule has 0 spiro atoms. The van der Waals surface area contributed by atoms with Crippen LogP contribution in [0.4, 0.5) is 5.69 Å². The van der Waals surface area contributed by atoms with Crippen molar-refractivity contribution in [1.29, 1.82) is 0 Å². The minimum Gasteiger partial charge on any atom is -0.497 e. The molecule has 10 heteroatoms. The fourth-order valence-electron chi connectivity index (χ4n) is 4.15. The number of hydrogen-bond acceptors (Lipinski definition) is 6. The van der Waals surface area contributed by atoms with Crippen LogP contribution in [0.5, 0.6) is 11.5 Å². The Morgan fingerprint density at radius 3 is 2.15 bits per heavy atom. The molecule has 0 saturated heterocycles. The summed E-state index contributed by atoms with van der Waals surface area (Å²) in [5, 5.41) is 2.89. The normalized spacial score (nSPS) is 12.0. The van der Waals surface area contributed by atoms with Crippen molar-refractivity contribution in [2.24, 2.45) is 5.92 Å². The van der Waals surface area contributed by atoms with Crippen LogP contribution in [-0.4, -0.2) is 58.5 Å². The molecule has 0 heterocycles. The monoisotopic (exact) mass is 581 g/mol. The van der Waals surface area contributed by atoms with E-state index in [2.05, 4.69) is 5.32 Å². The zero-order valence-corrected chi connectivity index (χ0v) is 25.3. The Balaban J connectivity index is 2.08. The van der Waals surface area contributed by atoms with E-state index in [0.717, 1.165) is 15.4 Å². The lowest BCUT2D eigenvalue weighted by Crippen LogP contribution is -2.51. The van der Waals surface area contributed by atoms with Gasteiger partial charge in [-0.2, -0.15) is 0 Å². The van der Waals surface area contributed by atoms with E-state index in [1.54, 1.807) is 37.3 Å². The SMILES string of the molecule is COc1ccc(OC)c(N(CC(=O)N(Cc2ccc(C)cc2)C(C)C(=O)NCC(C)C)S(=O)(=O)c2ccccc2)c1. The van der Waals surface area contributed by atoms with Crippen LogP contribution in [-0.2, 0) is 26.2 Å². The van der Waals surface area contributed by atoms with E-state index in [0.29, 0.717) is 12.3 Å². The largest absolute Gasteiger partial charge is 0.497 e. The Morgan fingerprint density at radius 1 is 0.902 bits per heavy atom. The molecule has 0 radical (unpaired) electrons. The van der Waals surface area contributed by atoms with Crippen LogP contribution in [0.25, 0.3) is 0 Å². The minimum atomic E-state index is -4.24. The molecule has 0 bridgehead atoms. The number of methoxy groups -OCH3 is 2. The van der Waals surface area contributed by atoms with Gasteiger partial charge >= 0.3 is 0 Å². The molecule has 220 valence electrons. The number of benzene rings is 3. The molecule has 3 rings (SSSR count). The van der Waals surface area contributed by atoms with Gasteiger partial charge in [0.2, 0.25) is 11.8 Å². The zero-order valence-electron chi connectivity index (χ0n) is 24.5. The van der Waals surface area contributed by atoms with Gasteiger partial charge in [0.25, 0.3) is 10.0 Å². The second-order valence-corrected chi connectivity index (χ2v) is 12.0. The summed E-state index contributed by atoms with van der Waals surface area (Å²) in [4.78, 5) is 28.6. The van der Waals surface area contributed by atoms with Gasteiger partial charge in [0.1, 0.15) is 24.1 Å². The fraction of sp³-hybridized carbons (Fsp3) is 0.355. The summed E-state index contributed by atoms with van der Waals surface area (Å²) in [6.45, 7) is 7.55. The molecule has 1 atom stereocenters. The average molecular weight is 582 g/mol. The Bertz CT molecular complexity index is 1430. The third-order valence-electron chi connectivity index (χ3n) is 6.59. The quantitative estimate of drug-likeness (QED) is 0.321. The molecule has 3 aromatic carbocycles. The highest BCUT2D eigenvalue weighted by molar-refractivity contribution is 7.92. The molecule has 0 aliphatic rings. The highest BCUT2D eigenvalue weighted by Gasteiger charge is 2.34. The first-order chi connectivity index (χ1) is 19.5. The fourth-order valence-corrected chi connectivity index (χ4v) is 5.59. The van der Waals surface area contributed by atoms with Gasteiger partial charge in [-0.3, -0.25) is 13.9 Å². The third kappa shape index (κ3) is 8.00. The number of hydrogen-bond donors (Lipinski definition) is 1. The molecule has 1 N–H and O–H groups in total. The Labute approximate surface area is 243 Å². The lowest BCUT2D eigenvalue weighted by Gasteiger charge is -2.32. The molecule has 0 aliphatic heterocycles. The zero-order chi connectivity index (χ0) is 30.2. The third-order valence-corrected chi connectivity index (χ3v) is 8.36. The van der Waals surface area contributed by atoms with Crippen LogP contribution >= 0.6 is 0 Å². The smallest absolute Gasteiger partial charge is 0.264 e. The first-order valence-electron chi connectivity index (χ1n) is 13.4. The van der Waals surface area contributed by atoms with Gasteiger partial charge in [-0.25, -0.2) is 8.42 Å². The van der Waals surface area contributed by atoms with Crippen LogP contribution < -0.4 is 19.1 Å². The van der Waals surface area contributed by atoms with Gasteiger partial charge in [-0.15, -0.1) is 0 Å². The maximum atomic E-state index is 14.1. The van der Waals surface area contributed by atoms with E-state index in [1.807, 2.05) is 45.0 Å². The number of sulfonamides is 1. The molecule has 0 aliphatic carbocycles. The summed E-state index contributed by atoms with van der Waals surface area (Å²) < 4.78 is 39.9. The first-order valence-corrected chi connectivity index (χ1v) is 14.8. The maximum Gasteiger partial charge on any atom is 0.264 e. The molecular formula is C31H39N3O6S. The highest BCUT2D eigenvalue weighted by Crippen LogP contribution is 2.36. The van der Waals surface area contributed by atoms with Gasteiger partial charge < -0.3 is 19.7 Å². The maximum absolute atomic E-state index is 14.1. The molecule has 1 unspecified atom stereocenters. The van der Waals surface area contributed by atoms with Gasteiger partial charge in [0.05, 0.1) is 24.8 Å². The summed E-state index contributed by atoms with van der Waals surface area (Å²) in [7, 11) is -1.35. The predicted molar refractivity (Wildman–Crippen MR) is 160 cm³/mol. The van der Waals surface area contributed by atoms with Crippen molar-refractivity contribution in [2.75, 3.05) is 31.6 Å². The average Bonchev–Trinajstić information content (AvgIpc) is 2.97. The number of rotatable bonds is 13. The van der Waals surface area contributed by atoms with Crippen molar-refractivity contribution in [3.05, 3.63) is 83.9 Å². The lowest BCUT2D eigenvalue weighted by molar-refractivity contribution is -0.139. The van der Waals surface area contributed by atoms with Crippen LogP contribution in [0.2, 0.25) is 0 Å². The number of carbonyl (C=O) groups is 2. The first kappa shape index (κ1) is 31.5. The van der Waals surface area contributed by atoms with Crippen molar-refractivity contribution in [2.45, 2.75) is 45.2 Å². The van der Waals surface area contributed by atoms with Crippen LogP contribution in [0.15, 0.2) is 77.7 Å². The number of aryl methyl sites for hydroxylation is 1. The lowest BCUT2D eigenvalue weighted by atomic mass is 10.1. The van der Waals surface area contributed by atoms with Crippen molar-refractivity contribution in [3.8, 4) is 11.5 Å². The number of carbonyl (C=O) groups excluding carboxylic acids is 2. The van der Waals surface area contributed by atoms with E-state index >= 15 is 0 Å². The molecule has 0 fully saturated rings. The van der Waals surface area contributed by atoms with E-state index in [9.17, 15) is 18.0 Å². The number of ether oxygens (including phenoxy) is 2. The molecule has 9 nitrogen and oxygen atoms in total. The van der Waals surface area contributed by atoms with Gasteiger partial charge in [0, 0.05) is 19.2 Å². The number of nitrogens with zero attached hydrogens (tertiary/aromatic N) is 2. The summed E-state index contributed by atoms with van der Waals surface area (Å²) in [5.74, 6) is -0.0254. The van der Waals surface area contributed by atoms with E-state index in [-0.39, 0.29) is 34.7 Å².